The zero-order valence-electron chi connectivity index (χ0n) is 14.1. The Balaban J connectivity index is 1.53. The number of piperidine rings is 1. The summed E-state index contributed by atoms with van der Waals surface area (Å²) in [6.45, 7) is 5.04. The fourth-order valence-corrected chi connectivity index (χ4v) is 5.10. The first-order valence-electron chi connectivity index (χ1n) is 9.74. The average molecular weight is 293 g/mol. The van der Waals surface area contributed by atoms with Crippen molar-refractivity contribution >= 4 is 0 Å². The van der Waals surface area contributed by atoms with Gasteiger partial charge in [-0.1, -0.05) is 45.4 Å². The quantitative estimate of drug-likeness (QED) is 0.809. The van der Waals surface area contributed by atoms with Crippen molar-refractivity contribution in [3.63, 3.8) is 0 Å². The van der Waals surface area contributed by atoms with Gasteiger partial charge in [0.05, 0.1) is 0 Å². The number of nitrogens with one attached hydrogen (secondary N) is 2. The molecule has 122 valence electrons. The van der Waals surface area contributed by atoms with Crippen molar-refractivity contribution in [2.45, 2.75) is 96.1 Å². The maximum absolute atomic E-state index is 4.04. The van der Waals surface area contributed by atoms with Crippen molar-refractivity contribution < 1.29 is 0 Å². The molecule has 0 amide bonds. The van der Waals surface area contributed by atoms with Gasteiger partial charge in [-0.3, -0.25) is 0 Å². The van der Waals surface area contributed by atoms with Crippen LogP contribution < -0.4 is 10.6 Å². The minimum atomic E-state index is 0.584. The van der Waals surface area contributed by atoms with Crippen LogP contribution in [0.25, 0.3) is 0 Å². The third-order valence-electron chi connectivity index (χ3n) is 6.54. The molecule has 0 aromatic heterocycles. The number of rotatable bonds is 4. The van der Waals surface area contributed by atoms with E-state index in [1.807, 2.05) is 0 Å². The van der Waals surface area contributed by atoms with Crippen molar-refractivity contribution in [2.75, 3.05) is 13.1 Å². The van der Waals surface area contributed by atoms with E-state index in [1.54, 1.807) is 0 Å². The fourth-order valence-electron chi connectivity index (χ4n) is 5.10. The summed E-state index contributed by atoms with van der Waals surface area (Å²) in [6, 6.07) is 1.59. The van der Waals surface area contributed by atoms with E-state index < -0.39 is 0 Å². The van der Waals surface area contributed by atoms with Crippen LogP contribution in [0.4, 0.5) is 0 Å². The lowest BCUT2D eigenvalue weighted by molar-refractivity contribution is 0.147. The molecule has 21 heavy (non-hydrogen) atoms. The van der Waals surface area contributed by atoms with E-state index in [-0.39, 0.29) is 0 Å². The van der Waals surface area contributed by atoms with E-state index in [2.05, 4.69) is 17.6 Å². The first-order chi connectivity index (χ1) is 10.3. The molecule has 3 fully saturated rings. The van der Waals surface area contributed by atoms with Gasteiger partial charge in [-0.15, -0.1) is 0 Å². The lowest BCUT2D eigenvalue weighted by atomic mass is 9.74. The maximum atomic E-state index is 4.04. The summed E-state index contributed by atoms with van der Waals surface area (Å²) < 4.78 is 0. The van der Waals surface area contributed by atoms with Gasteiger partial charge in [-0.2, -0.15) is 0 Å². The molecule has 2 N–H and O–H groups in total. The second-order valence-electron chi connectivity index (χ2n) is 8.36. The summed E-state index contributed by atoms with van der Waals surface area (Å²) in [5.41, 5.74) is 0.584. The minimum Gasteiger partial charge on any atom is -0.314 e. The van der Waals surface area contributed by atoms with Crippen molar-refractivity contribution in [1.82, 2.24) is 10.6 Å². The molecule has 3 aliphatic rings. The molecule has 2 nitrogen and oxygen atoms in total. The highest BCUT2D eigenvalue weighted by Gasteiger charge is 2.34. The van der Waals surface area contributed by atoms with E-state index >= 15 is 0 Å². The van der Waals surface area contributed by atoms with Crippen molar-refractivity contribution in [2.24, 2.45) is 11.3 Å². The Labute approximate surface area is 131 Å². The monoisotopic (exact) mass is 292 g/mol. The first-order valence-corrected chi connectivity index (χ1v) is 9.74. The van der Waals surface area contributed by atoms with Gasteiger partial charge in [0.15, 0.2) is 0 Å². The van der Waals surface area contributed by atoms with Crippen LogP contribution >= 0.6 is 0 Å². The Hall–Kier alpha value is -0.0800. The van der Waals surface area contributed by atoms with E-state index in [0.29, 0.717) is 5.41 Å². The molecule has 2 heteroatoms. The third-order valence-corrected chi connectivity index (χ3v) is 6.54. The molecule has 3 unspecified atom stereocenters. The molecular formula is C19H36N2. The summed E-state index contributed by atoms with van der Waals surface area (Å²) in [7, 11) is 0. The highest BCUT2D eigenvalue weighted by Crippen LogP contribution is 2.36. The van der Waals surface area contributed by atoms with Crippen LogP contribution in [0.5, 0.6) is 0 Å². The van der Waals surface area contributed by atoms with Crippen molar-refractivity contribution in [1.29, 1.82) is 0 Å². The molecule has 1 heterocycles. The fraction of sp³-hybridized carbons (Fsp3) is 1.00. The molecular weight excluding hydrogens is 256 g/mol. The van der Waals surface area contributed by atoms with Crippen LogP contribution in [0.1, 0.15) is 84.0 Å². The van der Waals surface area contributed by atoms with Gasteiger partial charge in [0.25, 0.3) is 0 Å². The molecule has 0 spiro atoms. The van der Waals surface area contributed by atoms with Crippen molar-refractivity contribution in [3.8, 4) is 0 Å². The summed E-state index contributed by atoms with van der Waals surface area (Å²) in [4.78, 5) is 0. The van der Waals surface area contributed by atoms with Crippen LogP contribution in [0.15, 0.2) is 0 Å². The zero-order chi connectivity index (χ0) is 14.5. The van der Waals surface area contributed by atoms with E-state index in [9.17, 15) is 0 Å². The Morgan fingerprint density at radius 3 is 2.43 bits per heavy atom. The number of hydrogen-bond acceptors (Lipinski definition) is 2. The van der Waals surface area contributed by atoms with Crippen LogP contribution in [0.3, 0.4) is 0 Å². The van der Waals surface area contributed by atoms with Gasteiger partial charge in [0.2, 0.25) is 0 Å². The van der Waals surface area contributed by atoms with Gasteiger partial charge >= 0.3 is 0 Å². The topological polar surface area (TPSA) is 24.1 Å². The Morgan fingerprint density at radius 2 is 1.67 bits per heavy atom. The normalized spacial score (nSPS) is 37.3. The second-order valence-corrected chi connectivity index (χ2v) is 8.36. The molecule has 1 aliphatic heterocycles. The molecule has 1 saturated heterocycles. The SMILES string of the molecule is CC1(CNC2CCCCC2C2CCCCN2)CCCCC1. The Bertz CT molecular complexity index is 303. The van der Waals surface area contributed by atoms with Gasteiger partial charge < -0.3 is 10.6 Å². The number of hydrogen-bond donors (Lipinski definition) is 2. The molecule has 3 atom stereocenters. The maximum Gasteiger partial charge on any atom is 0.0110 e. The molecule has 3 rings (SSSR count). The molecule has 0 radical (unpaired) electrons. The lowest BCUT2D eigenvalue weighted by Gasteiger charge is -2.42. The van der Waals surface area contributed by atoms with Gasteiger partial charge in [0, 0.05) is 18.6 Å². The van der Waals surface area contributed by atoms with Gasteiger partial charge in [0.1, 0.15) is 0 Å². The first kappa shape index (κ1) is 15.8. The van der Waals surface area contributed by atoms with Gasteiger partial charge in [-0.05, 0) is 56.4 Å². The van der Waals surface area contributed by atoms with Crippen LogP contribution in [0, 0.1) is 11.3 Å². The molecule has 2 saturated carbocycles. The van der Waals surface area contributed by atoms with Crippen LogP contribution in [-0.2, 0) is 0 Å². The van der Waals surface area contributed by atoms with Gasteiger partial charge in [-0.25, -0.2) is 0 Å². The van der Waals surface area contributed by atoms with E-state index in [1.165, 1.54) is 90.1 Å². The summed E-state index contributed by atoms with van der Waals surface area (Å²) in [5, 5.41) is 7.87. The second kappa shape index (κ2) is 7.46. The highest BCUT2D eigenvalue weighted by atomic mass is 15.0. The van der Waals surface area contributed by atoms with Crippen LogP contribution in [-0.4, -0.2) is 25.2 Å². The average Bonchev–Trinajstić information content (AvgIpc) is 2.55. The predicted molar refractivity (Wildman–Crippen MR) is 90.6 cm³/mol. The lowest BCUT2D eigenvalue weighted by Crippen LogP contribution is -2.52. The standard InChI is InChI=1S/C19H36N2/c1-19(12-6-2-7-13-19)15-21-18-10-4-3-9-16(18)17-11-5-8-14-20-17/h16-18,20-21H,2-15H2,1H3. The molecule has 0 aromatic rings. The molecule has 0 aromatic carbocycles. The third kappa shape index (κ3) is 4.22. The minimum absolute atomic E-state index is 0.584. The van der Waals surface area contributed by atoms with E-state index in [0.717, 1.165) is 18.0 Å². The zero-order valence-corrected chi connectivity index (χ0v) is 14.1. The smallest absolute Gasteiger partial charge is 0.0110 e. The Kier molecular flexibility index (Phi) is 5.61. The summed E-state index contributed by atoms with van der Waals surface area (Å²) in [6.07, 6.45) is 17.3. The van der Waals surface area contributed by atoms with Crippen molar-refractivity contribution in [3.05, 3.63) is 0 Å². The van der Waals surface area contributed by atoms with Crippen LogP contribution in [0.2, 0.25) is 0 Å². The largest absolute Gasteiger partial charge is 0.314 e. The Morgan fingerprint density at radius 1 is 0.905 bits per heavy atom. The summed E-state index contributed by atoms with van der Waals surface area (Å²) >= 11 is 0. The predicted octanol–water partition coefficient (Wildman–Crippen LogP) is 4.25. The van der Waals surface area contributed by atoms with E-state index in [4.69, 9.17) is 0 Å². The molecule has 0 bridgehead atoms. The highest BCUT2D eigenvalue weighted by molar-refractivity contribution is 4.92. The summed E-state index contributed by atoms with van der Waals surface area (Å²) in [5.74, 6) is 0.895. The molecule has 2 aliphatic carbocycles.